The van der Waals surface area contributed by atoms with Gasteiger partial charge < -0.3 is 15.0 Å². The Labute approximate surface area is 156 Å². The molecule has 2 aromatic rings. The third kappa shape index (κ3) is 3.92. The lowest BCUT2D eigenvalue weighted by atomic mass is 10.2. The van der Waals surface area contributed by atoms with Crippen molar-refractivity contribution in [3.63, 3.8) is 0 Å². The third-order valence-corrected chi connectivity index (χ3v) is 5.65. The van der Waals surface area contributed by atoms with Crippen LogP contribution >= 0.6 is 0 Å². The maximum Gasteiger partial charge on any atom is 0.410 e. The van der Waals surface area contributed by atoms with Crippen LogP contribution in [0.4, 0.5) is 11.5 Å². The van der Waals surface area contributed by atoms with Gasteiger partial charge >= 0.3 is 5.82 Å². The summed E-state index contributed by atoms with van der Waals surface area (Å²) in [6, 6.07) is 5.97. The normalized spacial score (nSPS) is 14.3. The minimum Gasteiger partial charge on any atom is -0.358 e. The number of rotatable bonds is 6. The van der Waals surface area contributed by atoms with E-state index in [1.54, 1.807) is 11.8 Å². The first-order valence-corrected chi connectivity index (χ1v) is 9.94. The van der Waals surface area contributed by atoms with Crippen molar-refractivity contribution in [2.75, 3.05) is 17.8 Å². The summed E-state index contributed by atoms with van der Waals surface area (Å²) in [4.78, 5) is 23.8. The number of hydrogen-bond acceptors (Lipinski definition) is 6. The lowest BCUT2D eigenvalue weighted by Gasteiger charge is -2.15. The molecule has 1 N–H and O–H groups in total. The van der Waals surface area contributed by atoms with Crippen LogP contribution in [0.2, 0.25) is 0 Å². The van der Waals surface area contributed by atoms with Crippen molar-refractivity contribution in [1.29, 1.82) is 0 Å². The number of nitro groups is 1. The summed E-state index contributed by atoms with van der Waals surface area (Å²) in [5.74, 6) is -0.827. The predicted octanol–water partition coefficient (Wildman–Crippen LogP) is 1.85. The highest BCUT2D eigenvalue weighted by Gasteiger charge is 2.31. The molecule has 1 fully saturated rings. The molecule has 10 nitrogen and oxygen atoms in total. The van der Waals surface area contributed by atoms with E-state index in [1.165, 1.54) is 28.9 Å². The van der Waals surface area contributed by atoms with Gasteiger partial charge in [-0.05, 0) is 49.0 Å². The Morgan fingerprint density at radius 1 is 1.26 bits per heavy atom. The zero-order chi connectivity index (χ0) is 19.6. The van der Waals surface area contributed by atoms with Crippen LogP contribution in [0.5, 0.6) is 0 Å². The molecule has 1 aliphatic rings. The fourth-order valence-electron chi connectivity index (χ4n) is 2.86. The van der Waals surface area contributed by atoms with Gasteiger partial charge in [-0.15, -0.1) is 0 Å². The lowest BCUT2D eigenvalue weighted by Crippen LogP contribution is -2.27. The number of benzene rings is 1. The number of carbonyl (C=O) groups excluding carboxylic acids is 1. The summed E-state index contributed by atoms with van der Waals surface area (Å²) < 4.78 is 28.6. The monoisotopic (exact) mass is 393 g/mol. The van der Waals surface area contributed by atoms with Crippen LogP contribution in [0.3, 0.4) is 0 Å². The molecule has 1 saturated heterocycles. The first kappa shape index (κ1) is 18.8. The van der Waals surface area contributed by atoms with Crippen LogP contribution in [0.15, 0.2) is 35.4 Å². The van der Waals surface area contributed by atoms with E-state index >= 15 is 0 Å². The van der Waals surface area contributed by atoms with E-state index in [0.717, 1.165) is 32.1 Å². The fourth-order valence-corrected chi connectivity index (χ4v) is 4.04. The second kappa shape index (κ2) is 7.35. The van der Waals surface area contributed by atoms with Crippen molar-refractivity contribution in [2.45, 2.75) is 31.2 Å². The number of hydrogen-bond donors (Lipinski definition) is 1. The molecule has 144 valence electrons. The number of sulfonamides is 1. The van der Waals surface area contributed by atoms with Gasteiger partial charge in [0.05, 0.1) is 17.8 Å². The highest BCUT2D eigenvalue weighted by Crippen LogP contribution is 2.25. The minimum absolute atomic E-state index is 0.0956. The van der Waals surface area contributed by atoms with E-state index in [1.807, 2.05) is 0 Å². The van der Waals surface area contributed by atoms with Crippen molar-refractivity contribution >= 4 is 27.4 Å². The Bertz CT molecular complexity index is 962. The SMILES string of the molecule is CCn1cc(S(=O)(=O)Nc2ccc(C(=O)N3CCCC3)cc2)c([N+](=O)[O-])n1. The van der Waals surface area contributed by atoms with Gasteiger partial charge in [-0.1, -0.05) is 0 Å². The second-order valence-electron chi connectivity index (χ2n) is 6.11. The molecule has 27 heavy (non-hydrogen) atoms. The highest BCUT2D eigenvalue weighted by molar-refractivity contribution is 7.92. The molecule has 0 spiro atoms. The summed E-state index contributed by atoms with van der Waals surface area (Å²) in [7, 11) is -4.20. The third-order valence-electron chi connectivity index (χ3n) is 4.27. The summed E-state index contributed by atoms with van der Waals surface area (Å²) in [5.41, 5.74) is 0.663. The van der Waals surface area contributed by atoms with Gasteiger partial charge in [0.1, 0.15) is 0 Å². The molecule has 1 aliphatic heterocycles. The Kier molecular flexibility index (Phi) is 5.13. The number of amides is 1. The van der Waals surface area contributed by atoms with Crippen LogP contribution in [0, 0.1) is 10.1 Å². The lowest BCUT2D eigenvalue weighted by molar-refractivity contribution is -0.392. The number of nitrogens with one attached hydrogen (secondary N) is 1. The average molecular weight is 393 g/mol. The van der Waals surface area contributed by atoms with Crippen molar-refractivity contribution in [1.82, 2.24) is 14.7 Å². The largest absolute Gasteiger partial charge is 0.410 e. The van der Waals surface area contributed by atoms with Crippen molar-refractivity contribution < 1.29 is 18.1 Å². The van der Waals surface area contributed by atoms with E-state index in [-0.39, 0.29) is 11.6 Å². The molecule has 0 bridgehead atoms. The van der Waals surface area contributed by atoms with Gasteiger partial charge in [-0.25, -0.2) is 8.42 Å². The topological polar surface area (TPSA) is 127 Å². The number of nitrogens with zero attached hydrogens (tertiary/aromatic N) is 4. The molecule has 1 amide bonds. The van der Waals surface area contributed by atoms with Crippen molar-refractivity contribution in [2.24, 2.45) is 0 Å². The van der Waals surface area contributed by atoms with Crippen LogP contribution in [-0.2, 0) is 16.6 Å². The number of aromatic nitrogens is 2. The van der Waals surface area contributed by atoms with Gasteiger partial charge in [0.25, 0.3) is 15.9 Å². The van der Waals surface area contributed by atoms with Crippen LogP contribution in [-0.4, -0.2) is 47.0 Å². The van der Waals surface area contributed by atoms with E-state index in [4.69, 9.17) is 0 Å². The van der Waals surface area contributed by atoms with Crippen LogP contribution in [0.1, 0.15) is 30.1 Å². The van der Waals surface area contributed by atoms with Crippen LogP contribution < -0.4 is 4.72 Å². The second-order valence-corrected chi connectivity index (χ2v) is 7.76. The van der Waals surface area contributed by atoms with Gasteiger partial charge in [0, 0.05) is 24.3 Å². The molecular weight excluding hydrogens is 374 g/mol. The summed E-state index contributed by atoms with van der Waals surface area (Å²) in [6.45, 7) is 3.43. The number of likely N-dealkylation sites (tertiary alicyclic amines) is 1. The molecule has 0 aliphatic carbocycles. The number of anilines is 1. The Balaban J connectivity index is 1.81. The van der Waals surface area contributed by atoms with E-state index < -0.39 is 25.7 Å². The molecule has 3 rings (SSSR count). The van der Waals surface area contributed by atoms with E-state index in [9.17, 15) is 23.3 Å². The molecule has 1 aromatic heterocycles. The predicted molar refractivity (Wildman–Crippen MR) is 96.9 cm³/mol. The maximum absolute atomic E-state index is 12.5. The molecule has 1 aromatic carbocycles. The van der Waals surface area contributed by atoms with Crippen LogP contribution in [0.25, 0.3) is 0 Å². The van der Waals surface area contributed by atoms with E-state index in [0.29, 0.717) is 12.1 Å². The van der Waals surface area contributed by atoms with Crippen molar-refractivity contribution in [3.8, 4) is 0 Å². The van der Waals surface area contributed by atoms with Gasteiger partial charge in [-0.2, -0.15) is 4.68 Å². The molecule has 0 unspecified atom stereocenters. The Morgan fingerprint density at radius 2 is 1.89 bits per heavy atom. The average Bonchev–Trinajstić information content (AvgIpc) is 3.31. The number of carbonyl (C=O) groups is 1. The standard InChI is InChI=1S/C16H19N5O5S/c1-2-20-11-14(15(17-20)21(23)24)27(25,26)18-13-7-5-12(6-8-13)16(22)19-9-3-4-10-19/h5-8,11,18H,2-4,9-10H2,1H3. The summed E-state index contributed by atoms with van der Waals surface area (Å²) >= 11 is 0. The quantitative estimate of drug-likeness (QED) is 0.589. The molecule has 2 heterocycles. The zero-order valence-electron chi connectivity index (χ0n) is 14.7. The van der Waals surface area contributed by atoms with E-state index in [2.05, 4.69) is 9.82 Å². The summed E-state index contributed by atoms with van der Waals surface area (Å²) in [5, 5.41) is 14.8. The minimum atomic E-state index is -4.20. The highest BCUT2D eigenvalue weighted by atomic mass is 32.2. The van der Waals surface area contributed by atoms with Gasteiger partial charge in [0.15, 0.2) is 0 Å². The van der Waals surface area contributed by atoms with Gasteiger partial charge in [0.2, 0.25) is 4.90 Å². The first-order valence-electron chi connectivity index (χ1n) is 8.46. The molecule has 0 saturated carbocycles. The first-order chi connectivity index (χ1) is 12.8. The fraction of sp³-hybridized carbons (Fsp3) is 0.375. The Morgan fingerprint density at radius 3 is 2.44 bits per heavy atom. The number of aryl methyl sites for hydroxylation is 1. The summed E-state index contributed by atoms with van der Waals surface area (Å²) in [6.07, 6.45) is 3.08. The molecule has 0 atom stereocenters. The maximum atomic E-state index is 12.5. The molecule has 0 radical (unpaired) electrons. The zero-order valence-corrected chi connectivity index (χ0v) is 15.5. The smallest absolute Gasteiger partial charge is 0.358 e. The Hall–Kier alpha value is -2.95. The molecule has 11 heteroatoms. The molecular formula is C16H19N5O5S. The van der Waals surface area contributed by atoms with Crippen molar-refractivity contribution in [3.05, 3.63) is 46.1 Å². The van der Waals surface area contributed by atoms with Gasteiger partial charge in [-0.3, -0.25) is 9.52 Å².